The summed E-state index contributed by atoms with van der Waals surface area (Å²) in [5, 5.41) is 2.92. The highest BCUT2D eigenvalue weighted by Gasteiger charge is 2.18. The van der Waals surface area contributed by atoms with E-state index in [4.69, 9.17) is 0 Å². The fourth-order valence-electron chi connectivity index (χ4n) is 2.50. The molecule has 1 fully saturated rings. The zero-order chi connectivity index (χ0) is 15.1. The Morgan fingerprint density at radius 3 is 2.48 bits per heavy atom. The summed E-state index contributed by atoms with van der Waals surface area (Å²) in [5.41, 5.74) is 2.15. The Kier molecular flexibility index (Phi) is 5.93. The highest BCUT2D eigenvalue weighted by molar-refractivity contribution is 5.92. The summed E-state index contributed by atoms with van der Waals surface area (Å²) in [7, 11) is 0. The van der Waals surface area contributed by atoms with Crippen LogP contribution in [0.5, 0.6) is 0 Å². The highest BCUT2D eigenvalue weighted by atomic mass is 16.2. The summed E-state index contributed by atoms with van der Waals surface area (Å²) in [6.45, 7) is 3.94. The number of piperidine rings is 1. The molecule has 1 heterocycles. The van der Waals surface area contributed by atoms with Gasteiger partial charge in [0.25, 0.3) is 0 Å². The number of nitrogens with one attached hydrogen (secondary N) is 1. The van der Waals surface area contributed by atoms with Gasteiger partial charge in [0.05, 0.1) is 6.54 Å². The molecular formula is C17H24N2O2. The molecule has 0 radical (unpaired) electrons. The molecule has 1 aromatic carbocycles. The van der Waals surface area contributed by atoms with Gasteiger partial charge in [-0.3, -0.25) is 14.5 Å². The van der Waals surface area contributed by atoms with Crippen molar-refractivity contribution in [2.45, 2.75) is 39.0 Å². The van der Waals surface area contributed by atoms with Crippen molar-refractivity contribution in [2.75, 3.05) is 25.0 Å². The smallest absolute Gasteiger partial charge is 0.238 e. The van der Waals surface area contributed by atoms with Crippen LogP contribution < -0.4 is 5.32 Å². The average molecular weight is 288 g/mol. The molecule has 0 spiro atoms. The monoisotopic (exact) mass is 288 g/mol. The van der Waals surface area contributed by atoms with Gasteiger partial charge in [-0.05, 0) is 30.5 Å². The van der Waals surface area contributed by atoms with Crippen molar-refractivity contribution in [2.24, 2.45) is 0 Å². The van der Waals surface area contributed by atoms with Crippen LogP contribution in [0.25, 0.3) is 0 Å². The summed E-state index contributed by atoms with van der Waals surface area (Å²) in [6.07, 6.45) is 4.61. The number of likely N-dealkylation sites (tertiary alicyclic amines) is 1. The minimum Gasteiger partial charge on any atom is -0.325 e. The fourth-order valence-corrected chi connectivity index (χ4v) is 2.50. The summed E-state index contributed by atoms with van der Waals surface area (Å²) >= 11 is 0. The van der Waals surface area contributed by atoms with Crippen LogP contribution in [0.2, 0.25) is 0 Å². The van der Waals surface area contributed by atoms with Gasteiger partial charge in [-0.1, -0.05) is 25.5 Å². The molecule has 1 amide bonds. The minimum absolute atomic E-state index is 0.00865. The number of carbonyl (C=O) groups is 2. The SMILES string of the molecule is CCCCc1ccc(NC(=O)CN2CCC(=O)CC2)cc1. The summed E-state index contributed by atoms with van der Waals surface area (Å²) in [6, 6.07) is 8.07. The molecule has 4 heteroatoms. The first-order valence-corrected chi connectivity index (χ1v) is 7.80. The number of hydrogen-bond donors (Lipinski definition) is 1. The maximum absolute atomic E-state index is 12.0. The number of carbonyl (C=O) groups excluding carboxylic acids is 2. The summed E-state index contributed by atoms with van der Waals surface area (Å²) in [5.74, 6) is 0.292. The highest BCUT2D eigenvalue weighted by Crippen LogP contribution is 2.12. The third-order valence-corrected chi connectivity index (χ3v) is 3.84. The maximum atomic E-state index is 12.0. The normalized spacial score (nSPS) is 16.0. The molecule has 21 heavy (non-hydrogen) atoms. The first-order valence-electron chi connectivity index (χ1n) is 7.80. The van der Waals surface area contributed by atoms with Crippen LogP contribution in [-0.4, -0.2) is 36.2 Å². The molecule has 2 rings (SSSR count). The predicted molar refractivity (Wildman–Crippen MR) is 84.4 cm³/mol. The number of ketones is 1. The van der Waals surface area contributed by atoms with Gasteiger partial charge >= 0.3 is 0 Å². The molecule has 114 valence electrons. The fraction of sp³-hybridized carbons (Fsp3) is 0.529. The number of aryl methyl sites for hydroxylation is 1. The Morgan fingerprint density at radius 2 is 1.86 bits per heavy atom. The first kappa shape index (κ1) is 15.7. The molecule has 1 aliphatic heterocycles. The quantitative estimate of drug-likeness (QED) is 0.875. The molecule has 1 N–H and O–H groups in total. The number of unbranched alkanes of at least 4 members (excludes halogenated alkanes) is 1. The second kappa shape index (κ2) is 7.93. The van der Waals surface area contributed by atoms with Crippen LogP contribution in [0.3, 0.4) is 0 Å². The van der Waals surface area contributed by atoms with Crippen LogP contribution in [0.15, 0.2) is 24.3 Å². The van der Waals surface area contributed by atoms with Gasteiger partial charge in [-0.15, -0.1) is 0 Å². The average Bonchev–Trinajstić information content (AvgIpc) is 2.49. The van der Waals surface area contributed by atoms with E-state index in [1.54, 1.807) is 0 Å². The van der Waals surface area contributed by atoms with Crippen LogP contribution in [0, 0.1) is 0 Å². The van der Waals surface area contributed by atoms with Crippen LogP contribution in [0.4, 0.5) is 5.69 Å². The van der Waals surface area contributed by atoms with Crippen molar-refractivity contribution >= 4 is 17.4 Å². The standard InChI is InChI=1S/C17H24N2O2/c1-2-3-4-14-5-7-15(8-6-14)18-17(21)13-19-11-9-16(20)10-12-19/h5-8H,2-4,9-13H2,1H3,(H,18,21). The van der Waals surface area contributed by atoms with E-state index in [0.717, 1.165) is 12.1 Å². The largest absolute Gasteiger partial charge is 0.325 e. The van der Waals surface area contributed by atoms with Gasteiger partial charge in [0.2, 0.25) is 5.91 Å². The van der Waals surface area contributed by atoms with Crippen molar-refractivity contribution in [1.82, 2.24) is 4.90 Å². The Hall–Kier alpha value is -1.68. The van der Waals surface area contributed by atoms with E-state index in [-0.39, 0.29) is 5.91 Å². The molecule has 0 bridgehead atoms. The molecule has 1 aliphatic rings. The van der Waals surface area contributed by atoms with Crippen LogP contribution >= 0.6 is 0 Å². The lowest BCUT2D eigenvalue weighted by atomic mass is 10.1. The third-order valence-electron chi connectivity index (χ3n) is 3.84. The van der Waals surface area contributed by atoms with E-state index in [2.05, 4.69) is 24.4 Å². The Morgan fingerprint density at radius 1 is 1.19 bits per heavy atom. The number of hydrogen-bond acceptors (Lipinski definition) is 3. The van der Waals surface area contributed by atoms with Gasteiger partial charge in [0.15, 0.2) is 0 Å². The van der Waals surface area contributed by atoms with E-state index in [1.807, 2.05) is 17.0 Å². The molecule has 1 saturated heterocycles. The lowest BCUT2D eigenvalue weighted by Crippen LogP contribution is -2.39. The van der Waals surface area contributed by atoms with E-state index >= 15 is 0 Å². The van der Waals surface area contributed by atoms with E-state index in [1.165, 1.54) is 18.4 Å². The number of nitrogens with zero attached hydrogens (tertiary/aromatic N) is 1. The third kappa shape index (κ3) is 5.31. The molecule has 0 atom stereocenters. The summed E-state index contributed by atoms with van der Waals surface area (Å²) < 4.78 is 0. The summed E-state index contributed by atoms with van der Waals surface area (Å²) in [4.78, 5) is 25.2. The lowest BCUT2D eigenvalue weighted by Gasteiger charge is -2.24. The lowest BCUT2D eigenvalue weighted by molar-refractivity contribution is -0.124. The molecule has 0 aromatic heterocycles. The van der Waals surface area contributed by atoms with Crippen molar-refractivity contribution in [3.05, 3.63) is 29.8 Å². The number of rotatable bonds is 6. The zero-order valence-electron chi connectivity index (χ0n) is 12.7. The topological polar surface area (TPSA) is 49.4 Å². The molecule has 0 saturated carbocycles. The molecular weight excluding hydrogens is 264 g/mol. The van der Waals surface area contributed by atoms with E-state index in [0.29, 0.717) is 38.3 Å². The van der Waals surface area contributed by atoms with Crippen LogP contribution in [-0.2, 0) is 16.0 Å². The Labute approximate surface area is 126 Å². The van der Waals surface area contributed by atoms with Gasteiger partial charge < -0.3 is 5.32 Å². The Balaban J connectivity index is 1.78. The predicted octanol–water partition coefficient (Wildman–Crippen LogP) is 2.63. The second-order valence-electron chi connectivity index (χ2n) is 5.66. The number of amides is 1. The van der Waals surface area contributed by atoms with Crippen molar-refractivity contribution < 1.29 is 9.59 Å². The zero-order valence-corrected chi connectivity index (χ0v) is 12.7. The first-order chi connectivity index (χ1) is 10.2. The van der Waals surface area contributed by atoms with Crippen LogP contribution in [0.1, 0.15) is 38.2 Å². The second-order valence-corrected chi connectivity index (χ2v) is 5.66. The molecule has 0 unspecified atom stereocenters. The van der Waals surface area contributed by atoms with Crippen molar-refractivity contribution in [3.8, 4) is 0 Å². The van der Waals surface area contributed by atoms with Gasteiger partial charge in [-0.2, -0.15) is 0 Å². The van der Waals surface area contributed by atoms with E-state index < -0.39 is 0 Å². The van der Waals surface area contributed by atoms with Crippen molar-refractivity contribution in [1.29, 1.82) is 0 Å². The number of benzene rings is 1. The van der Waals surface area contributed by atoms with E-state index in [9.17, 15) is 9.59 Å². The van der Waals surface area contributed by atoms with Gasteiger partial charge in [-0.25, -0.2) is 0 Å². The number of anilines is 1. The molecule has 0 aliphatic carbocycles. The molecule has 4 nitrogen and oxygen atoms in total. The molecule has 1 aromatic rings. The number of Topliss-reactive ketones (excluding diaryl/α,β-unsaturated/α-hetero) is 1. The minimum atomic E-state index is -0.00865. The van der Waals surface area contributed by atoms with Gasteiger partial charge in [0.1, 0.15) is 5.78 Å². The Bertz CT molecular complexity index is 472. The maximum Gasteiger partial charge on any atom is 0.238 e. The van der Waals surface area contributed by atoms with Gasteiger partial charge in [0, 0.05) is 31.6 Å². The van der Waals surface area contributed by atoms with Crippen molar-refractivity contribution in [3.63, 3.8) is 0 Å².